The standard InChI is InChI=1S/C7H9N.C6H7N.C5H5N/c1-6-4-3-5-7(2)8-6;1-6-4-2-3-5-7-6;1-2-4-6-5-3-1/h3-5H,1-2H3;2-5H,1H3;1-5H. The van der Waals surface area contributed by atoms with E-state index in [0.717, 1.165) is 17.1 Å². The molecule has 0 atom stereocenters. The van der Waals surface area contributed by atoms with Crippen LogP contribution in [0.25, 0.3) is 0 Å². The van der Waals surface area contributed by atoms with Gasteiger partial charge in [0.25, 0.3) is 0 Å². The molecule has 0 aliphatic carbocycles. The number of aromatic nitrogens is 3. The summed E-state index contributed by atoms with van der Waals surface area (Å²) in [7, 11) is 0. The van der Waals surface area contributed by atoms with Gasteiger partial charge in [-0.2, -0.15) is 0 Å². The molecule has 0 spiro atoms. The van der Waals surface area contributed by atoms with Crippen LogP contribution < -0.4 is 0 Å². The van der Waals surface area contributed by atoms with Gasteiger partial charge in [-0.15, -0.1) is 0 Å². The zero-order valence-electron chi connectivity index (χ0n) is 12.8. The number of pyridine rings is 3. The highest BCUT2D eigenvalue weighted by atomic mass is 14.7. The third-order valence-electron chi connectivity index (χ3n) is 2.41. The van der Waals surface area contributed by atoms with E-state index < -0.39 is 0 Å². The number of hydrogen-bond donors (Lipinski definition) is 0. The van der Waals surface area contributed by atoms with E-state index >= 15 is 0 Å². The first kappa shape index (κ1) is 16.5. The van der Waals surface area contributed by atoms with Gasteiger partial charge >= 0.3 is 0 Å². The second-order valence-electron chi connectivity index (χ2n) is 4.42. The maximum absolute atomic E-state index is 4.17. The van der Waals surface area contributed by atoms with Crippen LogP contribution in [0.1, 0.15) is 17.1 Å². The van der Waals surface area contributed by atoms with E-state index in [2.05, 4.69) is 15.0 Å². The molecule has 0 aromatic carbocycles. The summed E-state index contributed by atoms with van der Waals surface area (Å²) in [6.07, 6.45) is 5.29. The van der Waals surface area contributed by atoms with E-state index in [1.54, 1.807) is 18.6 Å². The molecule has 21 heavy (non-hydrogen) atoms. The van der Waals surface area contributed by atoms with E-state index in [1.165, 1.54) is 0 Å². The Hall–Kier alpha value is -2.55. The van der Waals surface area contributed by atoms with Crippen LogP contribution in [0.15, 0.2) is 73.2 Å². The number of nitrogens with zero attached hydrogens (tertiary/aromatic N) is 3. The lowest BCUT2D eigenvalue weighted by molar-refractivity contribution is 1.12. The maximum atomic E-state index is 4.17. The van der Waals surface area contributed by atoms with Gasteiger partial charge in [0.05, 0.1) is 0 Å². The fourth-order valence-electron chi connectivity index (χ4n) is 1.44. The zero-order valence-corrected chi connectivity index (χ0v) is 12.8. The first-order valence-corrected chi connectivity index (χ1v) is 6.81. The minimum absolute atomic E-state index is 1.07. The molecule has 108 valence electrons. The fourth-order valence-corrected chi connectivity index (χ4v) is 1.44. The highest BCUT2D eigenvalue weighted by Crippen LogP contribution is 1.93. The van der Waals surface area contributed by atoms with Gasteiger partial charge in [-0.25, -0.2) is 0 Å². The molecule has 3 nitrogen and oxygen atoms in total. The first-order valence-electron chi connectivity index (χ1n) is 6.81. The summed E-state index contributed by atoms with van der Waals surface area (Å²) in [4.78, 5) is 11.9. The quantitative estimate of drug-likeness (QED) is 0.620. The lowest BCUT2D eigenvalue weighted by atomic mass is 10.3. The Labute approximate surface area is 126 Å². The molecule has 3 aromatic heterocycles. The molecule has 3 aromatic rings. The summed E-state index contributed by atoms with van der Waals surface area (Å²) >= 11 is 0. The van der Waals surface area contributed by atoms with Gasteiger partial charge in [-0.05, 0) is 57.2 Å². The molecule has 0 radical (unpaired) electrons. The molecule has 0 unspecified atom stereocenters. The first-order chi connectivity index (χ1) is 10.2. The molecule has 0 aliphatic heterocycles. The van der Waals surface area contributed by atoms with Gasteiger partial charge in [-0.3, -0.25) is 15.0 Å². The SMILES string of the molecule is Cc1cccc(C)n1.Cc1ccccn1.c1ccncc1. The molecule has 3 heteroatoms. The van der Waals surface area contributed by atoms with E-state index in [1.807, 2.05) is 75.4 Å². The molecular formula is C18H21N3. The van der Waals surface area contributed by atoms with Crippen molar-refractivity contribution >= 4 is 0 Å². The van der Waals surface area contributed by atoms with Crippen LogP contribution in [-0.2, 0) is 0 Å². The highest BCUT2D eigenvalue weighted by Gasteiger charge is 1.82. The van der Waals surface area contributed by atoms with Crippen LogP contribution in [0.4, 0.5) is 0 Å². The van der Waals surface area contributed by atoms with E-state index in [-0.39, 0.29) is 0 Å². The van der Waals surface area contributed by atoms with Crippen LogP contribution >= 0.6 is 0 Å². The predicted molar refractivity (Wildman–Crippen MR) is 86.9 cm³/mol. The largest absolute Gasteiger partial charge is 0.265 e. The van der Waals surface area contributed by atoms with Gasteiger partial charge in [0.15, 0.2) is 0 Å². The van der Waals surface area contributed by atoms with Crippen LogP contribution in [0.2, 0.25) is 0 Å². The average Bonchev–Trinajstić information content (AvgIpc) is 2.51. The van der Waals surface area contributed by atoms with Gasteiger partial charge < -0.3 is 0 Å². The molecule has 0 bridgehead atoms. The third-order valence-corrected chi connectivity index (χ3v) is 2.41. The van der Waals surface area contributed by atoms with Crippen LogP contribution in [0.3, 0.4) is 0 Å². The summed E-state index contributed by atoms with van der Waals surface area (Å²) in [5.74, 6) is 0. The van der Waals surface area contributed by atoms with E-state index in [4.69, 9.17) is 0 Å². The number of hydrogen-bond acceptors (Lipinski definition) is 3. The summed E-state index contributed by atoms with van der Waals surface area (Å²) in [6.45, 7) is 5.96. The van der Waals surface area contributed by atoms with Crippen molar-refractivity contribution in [2.75, 3.05) is 0 Å². The Kier molecular flexibility index (Phi) is 8.07. The monoisotopic (exact) mass is 279 g/mol. The minimum Gasteiger partial charge on any atom is -0.265 e. The maximum Gasteiger partial charge on any atom is 0.0375 e. The molecule has 0 saturated carbocycles. The normalized spacial score (nSPS) is 8.71. The second-order valence-corrected chi connectivity index (χ2v) is 4.42. The van der Waals surface area contributed by atoms with Crippen molar-refractivity contribution in [3.8, 4) is 0 Å². The smallest absolute Gasteiger partial charge is 0.0375 e. The van der Waals surface area contributed by atoms with Gasteiger partial charge in [0, 0.05) is 35.7 Å². The fraction of sp³-hybridized carbons (Fsp3) is 0.167. The Balaban J connectivity index is 0.000000159. The second kappa shape index (κ2) is 10.3. The summed E-state index contributed by atoms with van der Waals surface area (Å²) in [5, 5.41) is 0. The molecule has 0 aliphatic rings. The summed E-state index contributed by atoms with van der Waals surface area (Å²) in [6, 6.07) is 17.6. The Morgan fingerprint density at radius 2 is 1.14 bits per heavy atom. The van der Waals surface area contributed by atoms with Crippen LogP contribution in [-0.4, -0.2) is 15.0 Å². The molecule has 0 fully saturated rings. The molecule has 3 rings (SSSR count). The van der Waals surface area contributed by atoms with Crippen molar-refractivity contribution in [1.82, 2.24) is 15.0 Å². The van der Waals surface area contributed by atoms with Crippen LogP contribution in [0, 0.1) is 20.8 Å². The Morgan fingerprint density at radius 3 is 1.38 bits per heavy atom. The molecule has 3 heterocycles. The van der Waals surface area contributed by atoms with Crippen molar-refractivity contribution in [2.24, 2.45) is 0 Å². The summed E-state index contributed by atoms with van der Waals surface area (Å²) in [5.41, 5.74) is 3.25. The van der Waals surface area contributed by atoms with Crippen molar-refractivity contribution in [2.45, 2.75) is 20.8 Å². The molecule has 0 amide bonds. The highest BCUT2D eigenvalue weighted by molar-refractivity contribution is 5.07. The Bertz CT molecular complexity index is 551. The number of rotatable bonds is 0. The Morgan fingerprint density at radius 1 is 0.571 bits per heavy atom. The topological polar surface area (TPSA) is 38.7 Å². The van der Waals surface area contributed by atoms with Gasteiger partial charge in [0.2, 0.25) is 0 Å². The van der Waals surface area contributed by atoms with Crippen molar-refractivity contribution in [1.29, 1.82) is 0 Å². The average molecular weight is 279 g/mol. The molecule has 0 saturated heterocycles. The zero-order chi connectivity index (χ0) is 15.3. The summed E-state index contributed by atoms with van der Waals surface area (Å²) < 4.78 is 0. The number of aryl methyl sites for hydroxylation is 3. The van der Waals surface area contributed by atoms with Gasteiger partial charge in [-0.1, -0.05) is 18.2 Å². The van der Waals surface area contributed by atoms with Crippen LogP contribution in [0.5, 0.6) is 0 Å². The van der Waals surface area contributed by atoms with Crippen molar-refractivity contribution < 1.29 is 0 Å². The van der Waals surface area contributed by atoms with E-state index in [9.17, 15) is 0 Å². The lowest BCUT2D eigenvalue weighted by Gasteiger charge is -1.90. The molecular weight excluding hydrogens is 258 g/mol. The minimum atomic E-state index is 1.07. The lowest BCUT2D eigenvalue weighted by Crippen LogP contribution is -1.81. The third kappa shape index (κ3) is 9.05. The predicted octanol–water partition coefficient (Wildman–Crippen LogP) is 4.17. The van der Waals surface area contributed by atoms with E-state index in [0.29, 0.717) is 0 Å². The molecule has 0 N–H and O–H groups in total. The van der Waals surface area contributed by atoms with Gasteiger partial charge in [0.1, 0.15) is 0 Å². The van der Waals surface area contributed by atoms with Crippen molar-refractivity contribution in [3.05, 3.63) is 90.3 Å². The van der Waals surface area contributed by atoms with Crippen molar-refractivity contribution in [3.63, 3.8) is 0 Å².